The fraction of sp³-hybridized carbons (Fsp3) is 0.333. The van der Waals surface area contributed by atoms with Crippen LogP contribution in [0.25, 0.3) is 11.3 Å². The second-order valence-corrected chi connectivity index (χ2v) is 10.4. The van der Waals surface area contributed by atoms with Crippen molar-refractivity contribution in [3.05, 3.63) is 77.0 Å². The summed E-state index contributed by atoms with van der Waals surface area (Å²) in [7, 11) is -3.07. The van der Waals surface area contributed by atoms with E-state index in [9.17, 15) is 13.2 Å². The number of nitrogens with one attached hydrogen (secondary N) is 1. The average Bonchev–Trinajstić information content (AvgIpc) is 3.34. The Morgan fingerprint density at radius 1 is 1.10 bits per heavy atom. The van der Waals surface area contributed by atoms with Crippen LogP contribution in [-0.4, -0.2) is 42.2 Å². The van der Waals surface area contributed by atoms with Crippen molar-refractivity contribution in [1.82, 2.24) is 15.1 Å². The van der Waals surface area contributed by atoms with E-state index in [1.807, 2.05) is 56.3 Å². The lowest BCUT2D eigenvalue weighted by atomic mass is 10.0. The predicted molar refractivity (Wildman–Crippen MR) is 122 cm³/mol. The van der Waals surface area contributed by atoms with Crippen molar-refractivity contribution in [3.63, 3.8) is 0 Å². The van der Waals surface area contributed by atoms with Crippen LogP contribution < -0.4 is 5.32 Å². The van der Waals surface area contributed by atoms with E-state index in [-0.39, 0.29) is 23.5 Å². The van der Waals surface area contributed by atoms with Crippen LogP contribution in [0.5, 0.6) is 0 Å². The van der Waals surface area contributed by atoms with E-state index in [2.05, 4.69) is 16.5 Å². The Hall–Kier alpha value is -2.93. The minimum Gasteiger partial charge on any atom is -0.350 e. The number of hydrogen-bond donors (Lipinski definition) is 1. The van der Waals surface area contributed by atoms with Gasteiger partial charge in [0.15, 0.2) is 15.5 Å². The molecule has 1 amide bonds. The first-order valence-corrected chi connectivity index (χ1v) is 12.3. The quantitative estimate of drug-likeness (QED) is 0.640. The summed E-state index contributed by atoms with van der Waals surface area (Å²) < 4.78 is 25.9. The highest BCUT2D eigenvalue weighted by atomic mass is 32.2. The molecule has 7 heteroatoms. The monoisotopic (exact) mass is 437 g/mol. The molecule has 1 aromatic heterocycles. The van der Waals surface area contributed by atoms with E-state index in [4.69, 9.17) is 0 Å². The zero-order chi connectivity index (χ0) is 22.0. The van der Waals surface area contributed by atoms with Crippen LogP contribution in [0.3, 0.4) is 0 Å². The second kappa shape index (κ2) is 8.67. The minimum absolute atomic E-state index is 0.0571. The summed E-state index contributed by atoms with van der Waals surface area (Å²) in [6.07, 6.45) is 1.25. The van der Waals surface area contributed by atoms with Gasteiger partial charge in [-0.25, -0.2) is 8.42 Å². The van der Waals surface area contributed by atoms with Crippen LogP contribution in [0.1, 0.15) is 39.6 Å². The molecule has 2 heterocycles. The Morgan fingerprint density at radius 3 is 2.55 bits per heavy atom. The van der Waals surface area contributed by atoms with E-state index in [1.165, 1.54) is 5.56 Å². The van der Waals surface area contributed by atoms with Crippen LogP contribution in [0.4, 0.5) is 0 Å². The first kappa shape index (κ1) is 21.3. The Balaban J connectivity index is 1.59. The summed E-state index contributed by atoms with van der Waals surface area (Å²) in [5.41, 5.74) is 5.49. The van der Waals surface area contributed by atoms with Gasteiger partial charge in [-0.3, -0.25) is 9.48 Å². The molecule has 31 heavy (non-hydrogen) atoms. The van der Waals surface area contributed by atoms with Crippen molar-refractivity contribution in [2.45, 2.75) is 32.7 Å². The van der Waals surface area contributed by atoms with Gasteiger partial charge in [-0.1, -0.05) is 42.5 Å². The van der Waals surface area contributed by atoms with Crippen molar-refractivity contribution in [3.8, 4) is 11.3 Å². The molecule has 2 aromatic carbocycles. The van der Waals surface area contributed by atoms with Gasteiger partial charge in [0.25, 0.3) is 5.91 Å². The van der Waals surface area contributed by atoms with Crippen LogP contribution in [0.2, 0.25) is 0 Å². The van der Waals surface area contributed by atoms with Crippen LogP contribution in [-0.2, 0) is 16.3 Å². The molecular formula is C24H27N3O3S. The lowest BCUT2D eigenvalue weighted by molar-refractivity contribution is 0.0948. The summed E-state index contributed by atoms with van der Waals surface area (Å²) in [6.45, 7) is 4.59. The topological polar surface area (TPSA) is 81.1 Å². The first-order valence-electron chi connectivity index (χ1n) is 10.5. The maximum absolute atomic E-state index is 12.8. The number of carbonyl (C=O) groups is 1. The van der Waals surface area contributed by atoms with E-state index >= 15 is 0 Å². The molecule has 1 N–H and O–H groups in total. The number of benzene rings is 2. The van der Waals surface area contributed by atoms with E-state index < -0.39 is 9.84 Å². The molecule has 0 aliphatic carbocycles. The molecule has 1 atom stereocenters. The third-order valence-electron chi connectivity index (χ3n) is 5.87. The van der Waals surface area contributed by atoms with E-state index in [0.29, 0.717) is 18.7 Å². The second-order valence-electron chi connectivity index (χ2n) is 8.21. The van der Waals surface area contributed by atoms with Gasteiger partial charge in [0.2, 0.25) is 0 Å². The molecule has 0 radical (unpaired) electrons. The maximum Gasteiger partial charge on any atom is 0.271 e. The van der Waals surface area contributed by atoms with Crippen LogP contribution >= 0.6 is 0 Å². The number of nitrogens with zero attached hydrogens (tertiary/aromatic N) is 2. The molecule has 0 saturated carbocycles. The summed E-state index contributed by atoms with van der Waals surface area (Å²) in [5.74, 6) is -0.0370. The summed E-state index contributed by atoms with van der Waals surface area (Å²) in [5, 5.41) is 7.49. The van der Waals surface area contributed by atoms with Crippen molar-refractivity contribution in [2.75, 3.05) is 18.1 Å². The smallest absolute Gasteiger partial charge is 0.271 e. The molecule has 3 aromatic rings. The SMILES string of the molecule is Cc1ccc(-c2cc(C(=O)NCCc3ccccc3)nn2[C@H]2CCS(=O)(=O)C2)cc1C. The van der Waals surface area contributed by atoms with Gasteiger partial charge in [-0.15, -0.1) is 0 Å². The Morgan fingerprint density at radius 2 is 1.87 bits per heavy atom. The van der Waals surface area contributed by atoms with Gasteiger partial charge in [0.1, 0.15) is 0 Å². The van der Waals surface area contributed by atoms with Gasteiger partial charge in [0.05, 0.1) is 23.2 Å². The van der Waals surface area contributed by atoms with Crippen molar-refractivity contribution in [2.24, 2.45) is 0 Å². The Labute approximate surface area is 183 Å². The molecule has 4 rings (SSSR count). The molecule has 1 aliphatic rings. The van der Waals surface area contributed by atoms with E-state index in [0.717, 1.165) is 28.8 Å². The average molecular weight is 438 g/mol. The number of amides is 1. The Kier molecular flexibility index (Phi) is 5.96. The standard InChI is InChI=1S/C24H27N3O3S/c1-17-8-9-20(14-18(17)2)23-15-22(26-27(23)21-11-13-31(29,30)16-21)24(28)25-12-10-19-6-4-3-5-7-19/h3-9,14-15,21H,10-13,16H2,1-2H3,(H,25,28)/t21-/m0/s1. The zero-order valence-corrected chi connectivity index (χ0v) is 18.7. The minimum atomic E-state index is -3.07. The van der Waals surface area contributed by atoms with Crippen LogP contribution in [0.15, 0.2) is 54.6 Å². The molecule has 1 saturated heterocycles. The molecule has 6 nitrogen and oxygen atoms in total. The number of carbonyl (C=O) groups excluding carboxylic acids is 1. The van der Waals surface area contributed by atoms with Gasteiger partial charge < -0.3 is 5.32 Å². The van der Waals surface area contributed by atoms with Crippen molar-refractivity contribution < 1.29 is 13.2 Å². The largest absolute Gasteiger partial charge is 0.350 e. The zero-order valence-electron chi connectivity index (χ0n) is 17.8. The highest BCUT2D eigenvalue weighted by Gasteiger charge is 2.32. The number of aryl methyl sites for hydroxylation is 2. The molecule has 162 valence electrons. The molecular weight excluding hydrogens is 410 g/mol. The van der Waals surface area contributed by atoms with Gasteiger partial charge in [-0.2, -0.15) is 5.10 Å². The van der Waals surface area contributed by atoms with E-state index in [1.54, 1.807) is 10.7 Å². The maximum atomic E-state index is 12.8. The highest BCUT2D eigenvalue weighted by Crippen LogP contribution is 2.31. The number of hydrogen-bond acceptors (Lipinski definition) is 4. The lowest BCUT2D eigenvalue weighted by Gasteiger charge is -2.14. The fourth-order valence-electron chi connectivity index (χ4n) is 3.92. The molecule has 1 fully saturated rings. The normalized spacial score (nSPS) is 17.5. The van der Waals surface area contributed by atoms with Crippen molar-refractivity contribution >= 4 is 15.7 Å². The summed E-state index contributed by atoms with van der Waals surface area (Å²) >= 11 is 0. The van der Waals surface area contributed by atoms with Gasteiger partial charge in [-0.05, 0) is 55.5 Å². The fourth-order valence-corrected chi connectivity index (χ4v) is 5.62. The molecule has 1 aliphatic heterocycles. The summed E-state index contributed by atoms with van der Waals surface area (Å²) in [4.78, 5) is 12.8. The number of rotatable bonds is 6. The number of sulfone groups is 1. The van der Waals surface area contributed by atoms with Gasteiger partial charge >= 0.3 is 0 Å². The highest BCUT2D eigenvalue weighted by molar-refractivity contribution is 7.91. The van der Waals surface area contributed by atoms with Crippen LogP contribution in [0, 0.1) is 13.8 Å². The lowest BCUT2D eigenvalue weighted by Crippen LogP contribution is -2.26. The first-order chi connectivity index (χ1) is 14.8. The molecule has 0 unspecified atom stereocenters. The summed E-state index contributed by atoms with van der Waals surface area (Å²) in [6, 6.07) is 17.6. The predicted octanol–water partition coefficient (Wildman–Crippen LogP) is 3.50. The number of aromatic nitrogens is 2. The third kappa shape index (κ3) is 4.88. The third-order valence-corrected chi connectivity index (χ3v) is 7.62. The van der Waals surface area contributed by atoms with Gasteiger partial charge in [0, 0.05) is 12.1 Å². The molecule has 0 bridgehead atoms. The molecule has 0 spiro atoms. The Bertz CT molecular complexity index is 1200. The van der Waals surface area contributed by atoms with Crippen molar-refractivity contribution in [1.29, 1.82) is 0 Å².